The fraction of sp³-hybridized carbons (Fsp3) is 0.750. The lowest BCUT2D eigenvalue weighted by molar-refractivity contribution is 0.254. The zero-order valence-corrected chi connectivity index (χ0v) is 9.87. The third kappa shape index (κ3) is 3.26. The van der Waals surface area contributed by atoms with Crippen LogP contribution in [0.5, 0.6) is 0 Å². The summed E-state index contributed by atoms with van der Waals surface area (Å²) in [5, 5.41) is 6.84. The first-order valence-corrected chi connectivity index (χ1v) is 5.84. The molecule has 1 aliphatic carbocycles. The van der Waals surface area contributed by atoms with Gasteiger partial charge in [-0.2, -0.15) is 5.10 Å². The average molecular weight is 209 g/mol. The second-order valence-corrected chi connectivity index (χ2v) is 4.72. The topological polar surface area (TPSA) is 50.4 Å². The Bertz CT molecular complexity index is 225. The van der Waals surface area contributed by atoms with E-state index in [2.05, 4.69) is 30.8 Å². The highest BCUT2D eigenvalue weighted by molar-refractivity contribution is 5.85. The first-order valence-electron chi connectivity index (χ1n) is 5.84. The normalized spacial score (nSPS) is 27.8. The van der Waals surface area contributed by atoms with Crippen molar-refractivity contribution in [2.75, 3.05) is 0 Å². The summed E-state index contributed by atoms with van der Waals surface area (Å²) in [4.78, 5) is 0. The summed E-state index contributed by atoms with van der Waals surface area (Å²) in [5.74, 6) is 8.44. The summed E-state index contributed by atoms with van der Waals surface area (Å²) in [7, 11) is 0. The Labute approximate surface area is 92.8 Å². The van der Waals surface area contributed by atoms with Crippen molar-refractivity contribution in [3.8, 4) is 0 Å². The van der Waals surface area contributed by atoms with Gasteiger partial charge < -0.3 is 11.2 Å². The molecule has 0 aromatic heterocycles. The van der Waals surface area contributed by atoms with Crippen molar-refractivity contribution in [2.24, 2.45) is 28.7 Å². The van der Waals surface area contributed by atoms with Crippen LogP contribution < -0.4 is 11.2 Å². The lowest BCUT2D eigenvalue weighted by Gasteiger charge is -2.31. The van der Waals surface area contributed by atoms with E-state index in [9.17, 15) is 0 Å². The van der Waals surface area contributed by atoms with E-state index in [4.69, 9.17) is 5.84 Å². The monoisotopic (exact) mass is 209 g/mol. The summed E-state index contributed by atoms with van der Waals surface area (Å²) in [5.41, 5.74) is 0. The summed E-state index contributed by atoms with van der Waals surface area (Å²) in [6.45, 7) is 8.26. The Morgan fingerprint density at radius 1 is 1.40 bits per heavy atom. The largest absolute Gasteiger partial charge is 0.349 e. The molecular formula is C12H23N3. The average Bonchev–Trinajstić information content (AvgIpc) is 2.26. The van der Waals surface area contributed by atoms with Gasteiger partial charge in [0, 0.05) is 5.92 Å². The predicted octanol–water partition coefficient (Wildman–Crippen LogP) is 2.45. The molecule has 0 aromatic carbocycles. The Morgan fingerprint density at radius 3 is 2.40 bits per heavy atom. The van der Waals surface area contributed by atoms with E-state index in [1.807, 2.05) is 0 Å². The molecule has 0 aromatic rings. The quantitative estimate of drug-likeness (QED) is 0.325. The molecule has 1 fully saturated rings. The Balaban J connectivity index is 2.45. The molecule has 3 nitrogen and oxygen atoms in total. The van der Waals surface area contributed by atoms with Gasteiger partial charge in [0.25, 0.3) is 0 Å². The predicted molar refractivity (Wildman–Crippen MR) is 65.2 cm³/mol. The molecule has 0 unspecified atom stereocenters. The van der Waals surface area contributed by atoms with Crippen LogP contribution in [0, 0.1) is 17.8 Å². The zero-order chi connectivity index (χ0) is 11.3. The molecule has 0 radical (unpaired) electrons. The Kier molecular flexibility index (Phi) is 4.66. The number of nitrogens with zero attached hydrogens (tertiary/aromatic N) is 1. The molecule has 1 rings (SSSR count). The fourth-order valence-electron chi connectivity index (χ4n) is 2.42. The minimum Gasteiger partial charge on any atom is -0.349 e. The number of rotatable bonds is 3. The molecule has 1 aliphatic rings. The van der Waals surface area contributed by atoms with E-state index >= 15 is 0 Å². The lowest BCUT2D eigenvalue weighted by Crippen LogP contribution is -2.32. The standard InChI is InChI=1S/C12H23N3/c1-4-14-12(15-13)11-7-5-10(6-8-11)9(2)3/h4,9-11H,1,5-8,13H2,2-3H3,(H,14,15)/t10-,11+. The van der Waals surface area contributed by atoms with Crippen molar-refractivity contribution < 1.29 is 0 Å². The molecule has 0 spiro atoms. The van der Waals surface area contributed by atoms with Gasteiger partial charge in [0.15, 0.2) is 0 Å². The maximum absolute atomic E-state index is 5.36. The highest BCUT2D eigenvalue weighted by atomic mass is 15.2. The van der Waals surface area contributed by atoms with Crippen molar-refractivity contribution in [1.82, 2.24) is 5.32 Å². The molecule has 0 amide bonds. The zero-order valence-electron chi connectivity index (χ0n) is 9.87. The number of nitrogens with one attached hydrogen (secondary N) is 1. The third-order valence-corrected chi connectivity index (χ3v) is 3.49. The van der Waals surface area contributed by atoms with Crippen LogP contribution >= 0.6 is 0 Å². The van der Waals surface area contributed by atoms with Crippen LogP contribution in [0.15, 0.2) is 17.9 Å². The van der Waals surface area contributed by atoms with Gasteiger partial charge in [-0.15, -0.1) is 0 Å². The maximum atomic E-state index is 5.36. The highest BCUT2D eigenvalue weighted by Crippen LogP contribution is 2.33. The minimum absolute atomic E-state index is 0.503. The van der Waals surface area contributed by atoms with Gasteiger partial charge in [0.05, 0.1) is 0 Å². The third-order valence-electron chi connectivity index (χ3n) is 3.49. The van der Waals surface area contributed by atoms with Crippen LogP contribution in [0.1, 0.15) is 39.5 Å². The fourth-order valence-corrected chi connectivity index (χ4v) is 2.42. The summed E-state index contributed by atoms with van der Waals surface area (Å²) in [6.07, 6.45) is 6.63. The maximum Gasteiger partial charge on any atom is 0.128 e. The Morgan fingerprint density at radius 2 is 2.00 bits per heavy atom. The van der Waals surface area contributed by atoms with Crippen molar-refractivity contribution in [1.29, 1.82) is 0 Å². The first-order chi connectivity index (χ1) is 7.19. The molecule has 86 valence electrons. The molecule has 0 heterocycles. The van der Waals surface area contributed by atoms with E-state index in [1.165, 1.54) is 25.7 Å². The summed E-state index contributed by atoms with van der Waals surface area (Å²) in [6, 6.07) is 0. The van der Waals surface area contributed by atoms with Gasteiger partial charge >= 0.3 is 0 Å². The van der Waals surface area contributed by atoms with Gasteiger partial charge in [-0.1, -0.05) is 20.4 Å². The van der Waals surface area contributed by atoms with Crippen LogP contribution in [-0.2, 0) is 0 Å². The van der Waals surface area contributed by atoms with E-state index in [0.29, 0.717) is 5.92 Å². The second-order valence-electron chi connectivity index (χ2n) is 4.72. The molecule has 1 saturated carbocycles. The van der Waals surface area contributed by atoms with Gasteiger partial charge in [-0.3, -0.25) is 0 Å². The van der Waals surface area contributed by atoms with Crippen LogP contribution in [-0.4, -0.2) is 5.84 Å². The van der Waals surface area contributed by atoms with Gasteiger partial charge in [-0.05, 0) is 43.7 Å². The van der Waals surface area contributed by atoms with Crippen molar-refractivity contribution in [2.45, 2.75) is 39.5 Å². The minimum atomic E-state index is 0.503. The molecule has 0 aliphatic heterocycles. The van der Waals surface area contributed by atoms with Crippen LogP contribution in [0.2, 0.25) is 0 Å². The molecule has 3 heteroatoms. The van der Waals surface area contributed by atoms with E-state index in [-0.39, 0.29) is 0 Å². The van der Waals surface area contributed by atoms with E-state index in [0.717, 1.165) is 17.7 Å². The molecule has 3 N–H and O–H groups in total. The molecule has 0 saturated heterocycles. The number of hydrogen-bond acceptors (Lipinski definition) is 2. The molecule has 15 heavy (non-hydrogen) atoms. The Hall–Kier alpha value is -0.990. The van der Waals surface area contributed by atoms with Crippen LogP contribution in [0.3, 0.4) is 0 Å². The van der Waals surface area contributed by atoms with E-state index in [1.54, 1.807) is 6.20 Å². The molecule has 0 bridgehead atoms. The van der Waals surface area contributed by atoms with Crippen LogP contribution in [0.25, 0.3) is 0 Å². The van der Waals surface area contributed by atoms with E-state index < -0.39 is 0 Å². The summed E-state index contributed by atoms with van der Waals surface area (Å²) >= 11 is 0. The first kappa shape index (κ1) is 12.1. The van der Waals surface area contributed by atoms with Crippen molar-refractivity contribution >= 4 is 5.84 Å². The summed E-state index contributed by atoms with van der Waals surface area (Å²) < 4.78 is 0. The number of hydrazone groups is 1. The molecular weight excluding hydrogens is 186 g/mol. The van der Waals surface area contributed by atoms with Gasteiger partial charge in [0.2, 0.25) is 0 Å². The van der Waals surface area contributed by atoms with Crippen LogP contribution in [0.4, 0.5) is 0 Å². The number of hydrogen-bond donors (Lipinski definition) is 2. The lowest BCUT2D eigenvalue weighted by atomic mass is 9.76. The smallest absolute Gasteiger partial charge is 0.128 e. The second kappa shape index (κ2) is 5.79. The van der Waals surface area contributed by atoms with Gasteiger partial charge in [-0.25, -0.2) is 0 Å². The molecule has 0 atom stereocenters. The van der Waals surface area contributed by atoms with Crippen molar-refractivity contribution in [3.05, 3.63) is 12.8 Å². The number of nitrogens with two attached hydrogens (primary N) is 1. The van der Waals surface area contributed by atoms with Gasteiger partial charge in [0.1, 0.15) is 5.84 Å². The highest BCUT2D eigenvalue weighted by Gasteiger charge is 2.25. The number of amidine groups is 1. The van der Waals surface area contributed by atoms with Crippen molar-refractivity contribution in [3.63, 3.8) is 0 Å². The SMILES string of the molecule is C=CN/C(=N\N)[C@H]1CC[C@@H](C(C)C)CC1.